The third-order valence-corrected chi connectivity index (χ3v) is 2.72. The number of nitrogens with one attached hydrogen (secondary N) is 1. The number of hydrogen-bond acceptors (Lipinski definition) is 3. The first-order chi connectivity index (χ1) is 10.0. The maximum atomic E-state index is 13.6. The van der Waals surface area contributed by atoms with Crippen LogP contribution in [0.5, 0.6) is 11.5 Å². The molecule has 0 atom stereocenters. The molecule has 2 aromatic rings. The molecule has 1 amide bonds. The van der Waals surface area contributed by atoms with Crippen LogP contribution in [0.1, 0.15) is 17.3 Å². The zero-order valence-corrected chi connectivity index (χ0v) is 11.3. The Kier molecular flexibility index (Phi) is 4.37. The summed E-state index contributed by atoms with van der Waals surface area (Å²) in [4.78, 5) is 11.9. The van der Waals surface area contributed by atoms with Gasteiger partial charge >= 0.3 is 0 Å². The van der Waals surface area contributed by atoms with Gasteiger partial charge in [-0.3, -0.25) is 4.79 Å². The monoisotopic (exact) mass is 292 g/mol. The summed E-state index contributed by atoms with van der Waals surface area (Å²) in [6.45, 7) is 2.19. The van der Waals surface area contributed by atoms with Gasteiger partial charge in [0.25, 0.3) is 5.91 Å². The highest BCUT2D eigenvalue weighted by Crippen LogP contribution is 2.30. The fourth-order valence-corrected chi connectivity index (χ4v) is 1.75. The van der Waals surface area contributed by atoms with E-state index in [1.807, 2.05) is 0 Å². The molecule has 0 spiro atoms. The SMILES string of the molecule is CCNC(=O)c1ccc(N)cc1Oc1cccc(F)c1F. The van der Waals surface area contributed by atoms with E-state index in [-0.39, 0.29) is 23.0 Å². The number of anilines is 1. The molecule has 0 fully saturated rings. The molecule has 0 aliphatic rings. The Labute approximate surface area is 120 Å². The molecule has 3 N–H and O–H groups in total. The average molecular weight is 292 g/mol. The largest absolute Gasteiger partial charge is 0.453 e. The van der Waals surface area contributed by atoms with Gasteiger partial charge in [0.05, 0.1) is 5.56 Å². The highest BCUT2D eigenvalue weighted by Gasteiger charge is 2.16. The van der Waals surface area contributed by atoms with Gasteiger partial charge in [-0.2, -0.15) is 4.39 Å². The second-order valence-electron chi connectivity index (χ2n) is 4.27. The van der Waals surface area contributed by atoms with Crippen LogP contribution in [0.25, 0.3) is 0 Å². The molecule has 0 aromatic heterocycles. The lowest BCUT2D eigenvalue weighted by Crippen LogP contribution is -2.23. The van der Waals surface area contributed by atoms with Crippen molar-refractivity contribution in [3.63, 3.8) is 0 Å². The van der Waals surface area contributed by atoms with E-state index in [0.717, 1.165) is 6.07 Å². The smallest absolute Gasteiger partial charge is 0.255 e. The second-order valence-corrected chi connectivity index (χ2v) is 4.27. The minimum absolute atomic E-state index is 0.0606. The zero-order valence-electron chi connectivity index (χ0n) is 11.3. The number of rotatable bonds is 4. The quantitative estimate of drug-likeness (QED) is 0.851. The van der Waals surface area contributed by atoms with Gasteiger partial charge in [0, 0.05) is 18.3 Å². The first-order valence-electron chi connectivity index (χ1n) is 6.32. The van der Waals surface area contributed by atoms with Crippen molar-refractivity contribution < 1.29 is 18.3 Å². The van der Waals surface area contributed by atoms with Crippen LogP contribution in [-0.2, 0) is 0 Å². The Morgan fingerprint density at radius 3 is 2.71 bits per heavy atom. The first kappa shape index (κ1) is 14.8. The van der Waals surface area contributed by atoms with Crippen molar-refractivity contribution in [3.8, 4) is 11.5 Å². The molecular formula is C15H14F2N2O2. The lowest BCUT2D eigenvalue weighted by molar-refractivity contribution is 0.0953. The molecule has 0 unspecified atom stereocenters. The molecule has 0 saturated heterocycles. The molecule has 0 bridgehead atoms. The summed E-state index contributed by atoms with van der Waals surface area (Å²) in [7, 11) is 0. The molecule has 2 aromatic carbocycles. The number of nitrogens with two attached hydrogens (primary N) is 1. The van der Waals surface area contributed by atoms with Gasteiger partial charge in [-0.1, -0.05) is 6.07 Å². The summed E-state index contributed by atoms with van der Waals surface area (Å²) in [5.74, 6) is -2.79. The number of carbonyl (C=O) groups excluding carboxylic acids is 1. The van der Waals surface area contributed by atoms with E-state index in [0.29, 0.717) is 12.2 Å². The van der Waals surface area contributed by atoms with Crippen LogP contribution in [0, 0.1) is 11.6 Å². The molecule has 0 aliphatic heterocycles. The fraction of sp³-hybridized carbons (Fsp3) is 0.133. The van der Waals surface area contributed by atoms with Crippen LogP contribution in [-0.4, -0.2) is 12.5 Å². The van der Waals surface area contributed by atoms with Crippen molar-refractivity contribution in [2.24, 2.45) is 0 Å². The summed E-state index contributed by atoms with van der Waals surface area (Å²) in [6, 6.07) is 7.93. The fourth-order valence-electron chi connectivity index (χ4n) is 1.75. The topological polar surface area (TPSA) is 64.4 Å². The van der Waals surface area contributed by atoms with Crippen molar-refractivity contribution in [2.75, 3.05) is 12.3 Å². The molecule has 21 heavy (non-hydrogen) atoms. The average Bonchev–Trinajstić information content (AvgIpc) is 2.44. The normalized spacial score (nSPS) is 10.2. The molecule has 110 valence electrons. The van der Waals surface area contributed by atoms with Crippen molar-refractivity contribution in [1.29, 1.82) is 0 Å². The van der Waals surface area contributed by atoms with Crippen LogP contribution in [0.15, 0.2) is 36.4 Å². The van der Waals surface area contributed by atoms with Gasteiger partial charge in [-0.15, -0.1) is 0 Å². The minimum atomic E-state index is -1.12. The molecule has 4 nitrogen and oxygen atoms in total. The molecule has 2 rings (SSSR count). The Bertz CT molecular complexity index is 675. The van der Waals surface area contributed by atoms with Crippen LogP contribution in [0.4, 0.5) is 14.5 Å². The summed E-state index contributed by atoms with van der Waals surface area (Å²) >= 11 is 0. The number of hydrogen-bond donors (Lipinski definition) is 2. The highest BCUT2D eigenvalue weighted by molar-refractivity contribution is 5.97. The van der Waals surface area contributed by atoms with Crippen molar-refractivity contribution in [2.45, 2.75) is 6.92 Å². The van der Waals surface area contributed by atoms with E-state index in [1.165, 1.54) is 30.3 Å². The van der Waals surface area contributed by atoms with E-state index in [1.54, 1.807) is 6.92 Å². The van der Waals surface area contributed by atoms with Gasteiger partial charge in [-0.25, -0.2) is 4.39 Å². The van der Waals surface area contributed by atoms with Gasteiger partial charge in [-0.05, 0) is 31.2 Å². The molecule has 0 heterocycles. The van der Waals surface area contributed by atoms with E-state index >= 15 is 0 Å². The lowest BCUT2D eigenvalue weighted by atomic mass is 10.1. The number of ether oxygens (including phenoxy) is 1. The van der Waals surface area contributed by atoms with E-state index in [9.17, 15) is 13.6 Å². The second kappa shape index (κ2) is 6.21. The number of nitrogen functional groups attached to an aromatic ring is 1. The molecular weight excluding hydrogens is 278 g/mol. The van der Waals surface area contributed by atoms with E-state index in [2.05, 4.69) is 5.32 Å². The van der Waals surface area contributed by atoms with E-state index < -0.39 is 11.6 Å². The molecule has 0 saturated carbocycles. The lowest BCUT2D eigenvalue weighted by Gasteiger charge is -2.12. The third kappa shape index (κ3) is 3.28. The number of amides is 1. The highest BCUT2D eigenvalue weighted by atomic mass is 19.2. The van der Waals surface area contributed by atoms with Gasteiger partial charge < -0.3 is 15.8 Å². The Morgan fingerprint density at radius 1 is 1.24 bits per heavy atom. The Balaban J connectivity index is 2.41. The molecule has 6 heteroatoms. The van der Waals surface area contributed by atoms with E-state index in [4.69, 9.17) is 10.5 Å². The summed E-state index contributed by atoms with van der Waals surface area (Å²) < 4.78 is 32.1. The van der Waals surface area contributed by atoms with Gasteiger partial charge in [0.1, 0.15) is 5.75 Å². The standard InChI is InChI=1S/C15H14F2N2O2/c1-2-19-15(20)10-7-6-9(18)8-13(10)21-12-5-3-4-11(16)14(12)17/h3-8H,2,18H2,1H3,(H,19,20). The van der Waals surface area contributed by atoms with Crippen LogP contribution >= 0.6 is 0 Å². The summed E-state index contributed by atoms with van der Waals surface area (Å²) in [5.41, 5.74) is 6.18. The third-order valence-electron chi connectivity index (χ3n) is 2.72. The van der Waals surface area contributed by atoms with Crippen molar-refractivity contribution in [1.82, 2.24) is 5.32 Å². The van der Waals surface area contributed by atoms with Gasteiger partial charge in [0.2, 0.25) is 5.82 Å². The first-order valence-corrected chi connectivity index (χ1v) is 6.32. The van der Waals surface area contributed by atoms with Crippen molar-refractivity contribution >= 4 is 11.6 Å². The summed E-state index contributed by atoms with van der Waals surface area (Å²) in [6.07, 6.45) is 0. The van der Waals surface area contributed by atoms with Gasteiger partial charge in [0.15, 0.2) is 11.6 Å². The van der Waals surface area contributed by atoms with Crippen LogP contribution < -0.4 is 15.8 Å². The maximum absolute atomic E-state index is 13.6. The number of halogens is 2. The zero-order chi connectivity index (χ0) is 15.4. The Morgan fingerprint density at radius 2 is 2.00 bits per heavy atom. The van der Waals surface area contributed by atoms with Crippen LogP contribution in [0.2, 0.25) is 0 Å². The minimum Gasteiger partial charge on any atom is -0.453 e. The predicted octanol–water partition coefficient (Wildman–Crippen LogP) is 3.09. The maximum Gasteiger partial charge on any atom is 0.255 e. The number of carbonyl (C=O) groups is 1. The Hall–Kier alpha value is -2.63. The van der Waals surface area contributed by atoms with Crippen LogP contribution in [0.3, 0.4) is 0 Å². The summed E-state index contributed by atoms with van der Waals surface area (Å²) in [5, 5.41) is 2.61. The molecule has 0 radical (unpaired) electrons. The van der Waals surface area contributed by atoms with Crippen molar-refractivity contribution in [3.05, 3.63) is 53.6 Å². The predicted molar refractivity (Wildman–Crippen MR) is 75.3 cm³/mol. The molecule has 0 aliphatic carbocycles. The number of benzene rings is 2.